The molecule has 0 aromatic carbocycles. The number of ether oxygens (including phenoxy) is 3. The van der Waals surface area contributed by atoms with Gasteiger partial charge in [-0.1, -0.05) is 0 Å². The summed E-state index contributed by atoms with van der Waals surface area (Å²) in [6.45, 7) is 4.19. The molecular formula is C11H19NO6. The van der Waals surface area contributed by atoms with Crippen LogP contribution in [0.5, 0.6) is 0 Å². The van der Waals surface area contributed by atoms with E-state index in [-0.39, 0.29) is 5.91 Å². The zero-order chi connectivity index (χ0) is 13.9. The fourth-order valence-electron chi connectivity index (χ4n) is 1.93. The topological polar surface area (TPSA) is 94.1 Å². The number of esters is 1. The summed E-state index contributed by atoms with van der Waals surface area (Å²) in [4.78, 5) is 22.2. The molecule has 1 heterocycles. The molecule has 5 atom stereocenters. The van der Waals surface area contributed by atoms with Gasteiger partial charge >= 0.3 is 5.97 Å². The lowest BCUT2D eigenvalue weighted by molar-refractivity contribution is -0.256. The van der Waals surface area contributed by atoms with E-state index >= 15 is 0 Å². The zero-order valence-corrected chi connectivity index (χ0v) is 10.9. The molecule has 1 rings (SSSR count). The van der Waals surface area contributed by atoms with Crippen molar-refractivity contribution in [3.63, 3.8) is 0 Å². The summed E-state index contributed by atoms with van der Waals surface area (Å²) in [5.74, 6) is -0.872. The van der Waals surface area contributed by atoms with Gasteiger partial charge in [0.25, 0.3) is 0 Å². The average molecular weight is 261 g/mol. The Labute approximate surface area is 105 Å². The summed E-state index contributed by atoms with van der Waals surface area (Å²) in [6, 6.07) is -0.748. The third-order valence-electron chi connectivity index (χ3n) is 2.72. The number of amides is 1. The standard InChI is InChI=1S/C11H19NO6/c1-5-9(15)10(18-7(3)14)8(12-6(2)13)11(16-4)17-5/h5,8-11,15H,1-4H3,(H,12,13)/t5-,8-,9-,10-,11-/m1/s1. The maximum Gasteiger partial charge on any atom is 0.303 e. The predicted octanol–water partition coefficient (Wildman–Crippen LogP) is -0.825. The van der Waals surface area contributed by atoms with Crippen LogP contribution in [-0.4, -0.2) is 54.7 Å². The number of nitrogens with one attached hydrogen (secondary N) is 1. The number of carbonyl (C=O) groups is 2. The van der Waals surface area contributed by atoms with Crippen molar-refractivity contribution in [3.8, 4) is 0 Å². The van der Waals surface area contributed by atoms with Crippen LogP contribution < -0.4 is 5.32 Å². The molecule has 0 aliphatic carbocycles. The van der Waals surface area contributed by atoms with Gasteiger partial charge in [0, 0.05) is 21.0 Å². The highest BCUT2D eigenvalue weighted by atomic mass is 16.7. The highest BCUT2D eigenvalue weighted by Gasteiger charge is 2.46. The number of carbonyl (C=O) groups excluding carboxylic acids is 2. The molecule has 18 heavy (non-hydrogen) atoms. The lowest BCUT2D eigenvalue weighted by atomic mass is 9.97. The SMILES string of the molecule is CO[C@@H]1O[C@H](C)[C@@H](O)[C@H](OC(C)=O)[C@H]1NC(C)=O. The molecule has 2 N–H and O–H groups in total. The van der Waals surface area contributed by atoms with Gasteiger partial charge < -0.3 is 24.6 Å². The van der Waals surface area contributed by atoms with Crippen LogP contribution in [0.1, 0.15) is 20.8 Å². The third kappa shape index (κ3) is 3.41. The van der Waals surface area contributed by atoms with Crippen molar-refractivity contribution < 1.29 is 28.9 Å². The number of rotatable bonds is 3. The summed E-state index contributed by atoms with van der Waals surface area (Å²) >= 11 is 0. The van der Waals surface area contributed by atoms with Gasteiger partial charge in [0.05, 0.1) is 6.10 Å². The van der Waals surface area contributed by atoms with Crippen LogP contribution in [0.15, 0.2) is 0 Å². The molecule has 0 bridgehead atoms. The Hall–Kier alpha value is -1.18. The van der Waals surface area contributed by atoms with Crippen LogP contribution in [-0.2, 0) is 23.8 Å². The Bertz CT molecular complexity index is 305. The molecular weight excluding hydrogens is 242 g/mol. The van der Waals surface area contributed by atoms with Crippen LogP contribution in [0, 0.1) is 0 Å². The highest BCUT2D eigenvalue weighted by molar-refractivity contribution is 5.73. The van der Waals surface area contributed by atoms with Crippen molar-refractivity contribution in [2.24, 2.45) is 0 Å². The lowest BCUT2D eigenvalue weighted by Gasteiger charge is -2.42. The van der Waals surface area contributed by atoms with E-state index in [1.807, 2.05) is 0 Å². The van der Waals surface area contributed by atoms with Crippen LogP contribution in [0.25, 0.3) is 0 Å². The summed E-state index contributed by atoms with van der Waals surface area (Å²) in [7, 11) is 1.41. The molecule has 7 heteroatoms. The minimum Gasteiger partial charge on any atom is -0.457 e. The van der Waals surface area contributed by atoms with E-state index in [0.717, 1.165) is 0 Å². The fourth-order valence-corrected chi connectivity index (χ4v) is 1.93. The average Bonchev–Trinajstić information content (AvgIpc) is 2.27. The van der Waals surface area contributed by atoms with Crippen LogP contribution in [0.4, 0.5) is 0 Å². The Morgan fingerprint density at radius 3 is 2.39 bits per heavy atom. The molecule has 104 valence electrons. The summed E-state index contributed by atoms with van der Waals surface area (Å²) in [5.41, 5.74) is 0. The summed E-state index contributed by atoms with van der Waals surface area (Å²) < 4.78 is 15.5. The quantitative estimate of drug-likeness (QED) is 0.644. The first-order chi connectivity index (χ1) is 8.36. The van der Waals surface area contributed by atoms with Crippen molar-refractivity contribution in [1.29, 1.82) is 0 Å². The molecule has 1 aliphatic heterocycles. The van der Waals surface area contributed by atoms with E-state index in [9.17, 15) is 14.7 Å². The molecule has 0 spiro atoms. The van der Waals surface area contributed by atoms with Gasteiger partial charge in [-0.05, 0) is 6.92 Å². The maximum atomic E-state index is 11.1. The normalized spacial score (nSPS) is 35.9. The van der Waals surface area contributed by atoms with Gasteiger partial charge in [0.1, 0.15) is 12.1 Å². The molecule has 7 nitrogen and oxygen atoms in total. The van der Waals surface area contributed by atoms with Gasteiger partial charge in [-0.3, -0.25) is 9.59 Å². The highest BCUT2D eigenvalue weighted by Crippen LogP contribution is 2.24. The van der Waals surface area contributed by atoms with E-state index in [1.165, 1.54) is 21.0 Å². The number of hydrogen-bond donors (Lipinski definition) is 2. The Morgan fingerprint density at radius 1 is 1.33 bits per heavy atom. The largest absolute Gasteiger partial charge is 0.457 e. The third-order valence-corrected chi connectivity index (χ3v) is 2.72. The van der Waals surface area contributed by atoms with E-state index in [1.54, 1.807) is 6.92 Å². The second-order valence-electron chi connectivity index (χ2n) is 4.24. The minimum absolute atomic E-state index is 0.329. The van der Waals surface area contributed by atoms with Gasteiger partial charge in [-0.15, -0.1) is 0 Å². The van der Waals surface area contributed by atoms with E-state index in [0.29, 0.717) is 0 Å². The Balaban J connectivity index is 2.92. The first-order valence-electron chi connectivity index (χ1n) is 5.67. The molecule has 1 fully saturated rings. The van der Waals surface area contributed by atoms with E-state index in [2.05, 4.69) is 5.32 Å². The first kappa shape index (κ1) is 14.9. The molecule has 0 aromatic heterocycles. The summed E-state index contributed by atoms with van der Waals surface area (Å²) in [6.07, 6.45) is -3.28. The van der Waals surface area contributed by atoms with Crippen LogP contribution >= 0.6 is 0 Å². The maximum absolute atomic E-state index is 11.1. The molecule has 1 saturated heterocycles. The van der Waals surface area contributed by atoms with Crippen molar-refractivity contribution in [3.05, 3.63) is 0 Å². The predicted molar refractivity (Wildman–Crippen MR) is 60.5 cm³/mol. The molecule has 0 unspecified atom stereocenters. The van der Waals surface area contributed by atoms with E-state index < -0.39 is 36.6 Å². The first-order valence-corrected chi connectivity index (χ1v) is 5.67. The molecule has 0 aromatic rings. The smallest absolute Gasteiger partial charge is 0.303 e. The lowest BCUT2D eigenvalue weighted by Crippen LogP contribution is -2.64. The van der Waals surface area contributed by atoms with Crippen molar-refractivity contribution >= 4 is 11.9 Å². The number of hydrogen-bond acceptors (Lipinski definition) is 6. The van der Waals surface area contributed by atoms with Gasteiger partial charge in [0.15, 0.2) is 12.4 Å². The Morgan fingerprint density at radius 2 is 1.94 bits per heavy atom. The second-order valence-corrected chi connectivity index (χ2v) is 4.24. The summed E-state index contributed by atoms with van der Waals surface area (Å²) in [5, 5.41) is 12.5. The van der Waals surface area contributed by atoms with Crippen LogP contribution in [0.3, 0.4) is 0 Å². The zero-order valence-electron chi connectivity index (χ0n) is 10.9. The monoisotopic (exact) mass is 261 g/mol. The van der Waals surface area contributed by atoms with Crippen molar-refractivity contribution in [2.75, 3.05) is 7.11 Å². The second kappa shape index (κ2) is 6.12. The van der Waals surface area contributed by atoms with Gasteiger partial charge in [-0.2, -0.15) is 0 Å². The number of methoxy groups -OCH3 is 1. The molecule has 0 saturated carbocycles. The van der Waals surface area contributed by atoms with Crippen molar-refractivity contribution in [1.82, 2.24) is 5.32 Å². The molecule has 1 amide bonds. The fraction of sp³-hybridized carbons (Fsp3) is 0.818. The number of aliphatic hydroxyl groups excluding tert-OH is 1. The molecule has 0 radical (unpaired) electrons. The van der Waals surface area contributed by atoms with E-state index in [4.69, 9.17) is 14.2 Å². The van der Waals surface area contributed by atoms with Crippen molar-refractivity contribution in [2.45, 2.75) is 51.4 Å². The van der Waals surface area contributed by atoms with Gasteiger partial charge in [0.2, 0.25) is 5.91 Å². The minimum atomic E-state index is -1.03. The van der Waals surface area contributed by atoms with Crippen LogP contribution in [0.2, 0.25) is 0 Å². The Kier molecular flexibility index (Phi) is 5.06. The number of aliphatic hydroxyl groups is 1. The van der Waals surface area contributed by atoms with Gasteiger partial charge in [-0.25, -0.2) is 0 Å². The molecule has 1 aliphatic rings.